The van der Waals surface area contributed by atoms with Gasteiger partial charge in [0.1, 0.15) is 0 Å². The van der Waals surface area contributed by atoms with Gasteiger partial charge in [0.15, 0.2) is 0 Å². The fraction of sp³-hybridized carbons (Fsp3) is 0.333. The molecule has 1 aromatic rings. The lowest BCUT2D eigenvalue weighted by Crippen LogP contribution is -1.92. The molecule has 0 amide bonds. The highest BCUT2D eigenvalue weighted by Gasteiger charge is 2.03. The van der Waals surface area contributed by atoms with E-state index in [2.05, 4.69) is 38.1 Å². The van der Waals surface area contributed by atoms with Gasteiger partial charge in [0.25, 0.3) is 0 Å². The smallest absolute Gasteiger partial charge is 0.00270 e. The monoisotopic (exact) mass is 194 g/mol. The number of aryl methyl sites for hydroxylation is 1. The molecule has 1 aromatic carbocycles. The summed E-state index contributed by atoms with van der Waals surface area (Å²) in [5, 5.41) is 0. The van der Waals surface area contributed by atoms with Crippen LogP contribution in [-0.2, 0) is 0 Å². The van der Waals surface area contributed by atoms with Crippen LogP contribution in [0, 0.1) is 6.92 Å². The van der Waals surface area contributed by atoms with E-state index in [0.29, 0.717) is 5.92 Å². The summed E-state index contributed by atoms with van der Waals surface area (Å²) in [7, 11) is 0. The third kappa shape index (κ3) is 2.89. The summed E-state index contributed by atoms with van der Waals surface area (Å²) in [5.41, 5.74) is 4.24. The summed E-state index contributed by atoms with van der Waals surface area (Å²) in [6.07, 6.45) is 3.12. The van der Waals surface area contributed by atoms with Gasteiger partial charge in [0.05, 0.1) is 0 Å². The van der Waals surface area contributed by atoms with Crippen LogP contribution in [0.25, 0.3) is 0 Å². The Bertz CT molecular complexity index is 272. The maximum Gasteiger partial charge on any atom is 0.00270 e. The minimum absolute atomic E-state index is 0.457. The third-order valence-electron chi connectivity index (χ3n) is 2.25. The second-order valence-corrected chi connectivity index (χ2v) is 3.50. The Morgan fingerprint density at radius 2 is 1.92 bits per heavy atom. The highest BCUT2D eigenvalue weighted by Crippen LogP contribution is 2.21. The number of rotatable bonds is 3. The Hall–Kier alpha value is -0.750. The van der Waals surface area contributed by atoms with E-state index in [-0.39, 0.29) is 0 Å². The Kier molecular flexibility index (Phi) is 4.04. The van der Waals surface area contributed by atoms with Gasteiger partial charge in [-0.05, 0) is 18.9 Å². The lowest BCUT2D eigenvalue weighted by Gasteiger charge is -2.09. The first-order valence-corrected chi connectivity index (χ1v) is 5.05. The molecule has 1 rings (SSSR count). The Balaban J connectivity index is 2.85. The molecule has 0 aliphatic rings. The predicted octanol–water partition coefficient (Wildman–Crippen LogP) is 4.24. The first-order chi connectivity index (χ1) is 6.27. The highest BCUT2D eigenvalue weighted by atomic mass is 35.5. The van der Waals surface area contributed by atoms with Crippen LogP contribution in [-0.4, -0.2) is 0 Å². The van der Waals surface area contributed by atoms with Gasteiger partial charge in [-0.3, -0.25) is 0 Å². The molecule has 0 bridgehead atoms. The van der Waals surface area contributed by atoms with Crippen LogP contribution < -0.4 is 0 Å². The predicted molar refractivity (Wildman–Crippen MR) is 59.2 cm³/mol. The molecule has 0 fully saturated rings. The molecule has 0 aliphatic carbocycles. The summed E-state index contributed by atoms with van der Waals surface area (Å²) >= 11 is 5.58. The van der Waals surface area contributed by atoms with Crippen molar-refractivity contribution in [1.29, 1.82) is 0 Å². The van der Waals surface area contributed by atoms with Crippen LogP contribution in [0.3, 0.4) is 0 Å². The molecule has 0 saturated carbocycles. The van der Waals surface area contributed by atoms with Crippen molar-refractivity contribution in [1.82, 2.24) is 0 Å². The first-order valence-electron chi connectivity index (χ1n) is 4.61. The Labute approximate surface area is 85.2 Å². The van der Waals surface area contributed by atoms with Crippen molar-refractivity contribution in [2.24, 2.45) is 0 Å². The largest absolute Gasteiger partial charge is 0.0933 e. The minimum atomic E-state index is 0.457. The summed E-state index contributed by atoms with van der Waals surface area (Å²) < 4.78 is 0. The molecule has 0 spiro atoms. The average molecular weight is 195 g/mol. The summed E-state index contributed by atoms with van der Waals surface area (Å²) in [4.78, 5) is 0. The molecule has 70 valence electrons. The molecule has 0 aliphatic heterocycles. The van der Waals surface area contributed by atoms with E-state index in [4.69, 9.17) is 11.6 Å². The van der Waals surface area contributed by atoms with Gasteiger partial charge in [0, 0.05) is 11.5 Å². The van der Waals surface area contributed by atoms with Crippen LogP contribution in [0.2, 0.25) is 0 Å². The lowest BCUT2D eigenvalue weighted by molar-refractivity contribution is 0.806. The molecule has 0 N–H and O–H groups in total. The van der Waals surface area contributed by atoms with Gasteiger partial charge in [-0.15, -0.1) is 0 Å². The van der Waals surface area contributed by atoms with E-state index < -0.39 is 0 Å². The molecular weight excluding hydrogens is 180 g/mol. The van der Waals surface area contributed by atoms with Crippen LogP contribution in [0.5, 0.6) is 0 Å². The lowest BCUT2D eigenvalue weighted by atomic mass is 9.96. The maximum atomic E-state index is 5.58. The summed E-state index contributed by atoms with van der Waals surface area (Å²) in [5.74, 6) is 0.457. The molecule has 0 unspecified atom stereocenters. The van der Waals surface area contributed by atoms with Gasteiger partial charge >= 0.3 is 0 Å². The molecule has 0 nitrogen and oxygen atoms in total. The average Bonchev–Trinajstić information content (AvgIpc) is 2.16. The number of benzene rings is 1. The van der Waals surface area contributed by atoms with Crippen molar-refractivity contribution in [3.8, 4) is 0 Å². The van der Waals surface area contributed by atoms with Crippen molar-refractivity contribution in [2.75, 3.05) is 0 Å². The number of hydrogen-bond acceptors (Lipinski definition) is 0. The standard InChI is InChI=1S/C12H15Cl/c1-3-11(8-9-13)12-6-4-10(2)5-7-12/h4-9,11H,3H2,1-2H3/b9-8-/t11-/m0/s1. The number of halogens is 1. The molecule has 1 atom stereocenters. The topological polar surface area (TPSA) is 0 Å². The van der Waals surface area contributed by atoms with E-state index in [1.54, 1.807) is 5.54 Å². The number of hydrogen-bond donors (Lipinski definition) is 0. The quantitative estimate of drug-likeness (QED) is 0.675. The van der Waals surface area contributed by atoms with E-state index in [1.807, 2.05) is 6.08 Å². The van der Waals surface area contributed by atoms with Crippen molar-refractivity contribution in [3.05, 3.63) is 47.0 Å². The van der Waals surface area contributed by atoms with Crippen molar-refractivity contribution in [3.63, 3.8) is 0 Å². The Morgan fingerprint density at radius 1 is 1.31 bits per heavy atom. The highest BCUT2D eigenvalue weighted by molar-refractivity contribution is 6.25. The normalized spacial score (nSPS) is 13.5. The van der Waals surface area contributed by atoms with Crippen molar-refractivity contribution in [2.45, 2.75) is 26.2 Å². The van der Waals surface area contributed by atoms with Gasteiger partial charge in [-0.2, -0.15) is 0 Å². The van der Waals surface area contributed by atoms with Crippen LogP contribution >= 0.6 is 11.6 Å². The molecule has 0 radical (unpaired) electrons. The van der Waals surface area contributed by atoms with Gasteiger partial charge in [0.2, 0.25) is 0 Å². The van der Waals surface area contributed by atoms with Gasteiger partial charge in [-0.1, -0.05) is 54.4 Å². The third-order valence-corrected chi connectivity index (χ3v) is 2.40. The molecule has 13 heavy (non-hydrogen) atoms. The minimum Gasteiger partial charge on any atom is -0.0933 e. The molecule has 0 saturated heterocycles. The SMILES string of the molecule is CC[C@@H](/C=C\Cl)c1ccc(C)cc1. The zero-order valence-electron chi connectivity index (χ0n) is 8.13. The zero-order valence-corrected chi connectivity index (χ0v) is 8.88. The molecular formula is C12H15Cl. The van der Waals surface area contributed by atoms with E-state index in [9.17, 15) is 0 Å². The van der Waals surface area contributed by atoms with E-state index in [1.165, 1.54) is 11.1 Å². The first kappa shape index (κ1) is 10.3. The number of allylic oxidation sites excluding steroid dienone is 1. The van der Waals surface area contributed by atoms with Crippen LogP contribution in [0.4, 0.5) is 0 Å². The van der Waals surface area contributed by atoms with Crippen molar-refractivity contribution < 1.29 is 0 Å². The van der Waals surface area contributed by atoms with E-state index >= 15 is 0 Å². The summed E-state index contributed by atoms with van der Waals surface area (Å²) in [6.45, 7) is 4.27. The molecule has 0 heterocycles. The second-order valence-electron chi connectivity index (χ2n) is 3.24. The van der Waals surface area contributed by atoms with Crippen LogP contribution in [0.15, 0.2) is 35.9 Å². The summed E-state index contributed by atoms with van der Waals surface area (Å²) in [6, 6.07) is 8.61. The van der Waals surface area contributed by atoms with Crippen LogP contribution in [0.1, 0.15) is 30.4 Å². The molecule has 1 heteroatoms. The van der Waals surface area contributed by atoms with Gasteiger partial charge in [-0.25, -0.2) is 0 Å². The van der Waals surface area contributed by atoms with Gasteiger partial charge < -0.3 is 0 Å². The van der Waals surface area contributed by atoms with Crippen molar-refractivity contribution >= 4 is 11.6 Å². The zero-order chi connectivity index (χ0) is 9.68. The second kappa shape index (κ2) is 5.08. The maximum absolute atomic E-state index is 5.58. The fourth-order valence-corrected chi connectivity index (χ4v) is 1.56. The fourth-order valence-electron chi connectivity index (χ4n) is 1.38. The van der Waals surface area contributed by atoms with E-state index in [0.717, 1.165) is 6.42 Å². The molecule has 0 aromatic heterocycles. The Morgan fingerprint density at radius 3 is 2.38 bits per heavy atom.